The quantitative estimate of drug-likeness (QED) is 0.537. The fourth-order valence-corrected chi connectivity index (χ4v) is 3.58. The highest BCUT2D eigenvalue weighted by Crippen LogP contribution is 2.39. The molecule has 2 aromatic carbocycles. The van der Waals surface area contributed by atoms with Gasteiger partial charge in [-0.3, -0.25) is 9.59 Å². The van der Waals surface area contributed by atoms with Crippen molar-refractivity contribution in [3.8, 4) is 0 Å². The first-order valence-electron chi connectivity index (χ1n) is 8.58. The van der Waals surface area contributed by atoms with Crippen LogP contribution in [0.15, 0.2) is 42.6 Å². The number of ketones is 2. The van der Waals surface area contributed by atoms with Gasteiger partial charge in [-0.2, -0.15) is 0 Å². The minimum Gasteiger partial charge on any atom is -0.622 e. The summed E-state index contributed by atoms with van der Waals surface area (Å²) in [6, 6.07) is 9.72. The third-order valence-electron chi connectivity index (χ3n) is 4.62. The van der Waals surface area contributed by atoms with Gasteiger partial charge >= 0.3 is 0 Å². The highest BCUT2D eigenvalue weighted by molar-refractivity contribution is 6.31. The number of hydrogen-bond donors (Lipinski definition) is 0. The number of quaternary nitrogens is 1. The van der Waals surface area contributed by atoms with E-state index in [-0.39, 0.29) is 36.4 Å². The largest absolute Gasteiger partial charge is 0.622 e. The molecule has 0 aliphatic carbocycles. The Balaban J connectivity index is 1.77. The molecule has 0 radical (unpaired) electrons. The standard InChI is InChI=1S/C21H19ClFNO3/c1-13(25)9-15-10-18(22)14(11-19(15)23)7-8-21(26)17-12-24(2,27)20-6-4-3-5-16(17)20/h3-6,10-12H,7-9H2,1-2H3. The zero-order valence-electron chi connectivity index (χ0n) is 15.1. The van der Waals surface area contributed by atoms with E-state index >= 15 is 0 Å². The molecular formula is C21H19ClFNO3. The SMILES string of the molecule is CC(=O)Cc1cc(Cl)c(CCC(=O)C2=C[N+](C)([O-])c3ccccc32)cc1F. The topological polar surface area (TPSA) is 57.2 Å². The van der Waals surface area contributed by atoms with E-state index in [1.165, 1.54) is 32.3 Å². The lowest BCUT2D eigenvalue weighted by Gasteiger charge is -2.30. The van der Waals surface area contributed by atoms with Gasteiger partial charge in [0.2, 0.25) is 0 Å². The molecule has 0 saturated heterocycles. The van der Waals surface area contributed by atoms with Gasteiger partial charge in [0.05, 0.1) is 18.2 Å². The molecule has 0 spiro atoms. The van der Waals surface area contributed by atoms with E-state index in [0.717, 1.165) is 0 Å². The van der Waals surface area contributed by atoms with Crippen LogP contribution in [0.1, 0.15) is 30.0 Å². The van der Waals surface area contributed by atoms with Crippen molar-refractivity contribution in [3.63, 3.8) is 0 Å². The summed E-state index contributed by atoms with van der Waals surface area (Å²) in [6.07, 6.45) is 1.72. The molecule has 4 nitrogen and oxygen atoms in total. The number of Topliss-reactive ketones (excluding diaryl/α,β-unsaturated/α-hetero) is 2. The van der Waals surface area contributed by atoms with Crippen LogP contribution < -0.4 is 4.65 Å². The van der Waals surface area contributed by atoms with Crippen LogP contribution in [-0.2, 0) is 22.4 Å². The average Bonchev–Trinajstić information content (AvgIpc) is 2.88. The van der Waals surface area contributed by atoms with Crippen molar-refractivity contribution in [2.45, 2.75) is 26.2 Å². The second-order valence-electron chi connectivity index (χ2n) is 6.89. The first kappa shape index (κ1) is 19.4. The van der Waals surface area contributed by atoms with Crippen molar-refractivity contribution in [3.05, 3.63) is 75.3 Å². The third-order valence-corrected chi connectivity index (χ3v) is 4.98. The normalized spacial score (nSPS) is 18.2. The highest BCUT2D eigenvalue weighted by atomic mass is 35.5. The van der Waals surface area contributed by atoms with Crippen LogP contribution in [0.5, 0.6) is 0 Å². The predicted molar refractivity (Wildman–Crippen MR) is 105 cm³/mol. The van der Waals surface area contributed by atoms with Gasteiger partial charge in [0.15, 0.2) is 5.78 Å². The fourth-order valence-electron chi connectivity index (χ4n) is 3.30. The maximum Gasteiger partial charge on any atom is 0.169 e. The van der Waals surface area contributed by atoms with E-state index < -0.39 is 10.5 Å². The Kier molecular flexibility index (Phi) is 5.29. The molecule has 0 bridgehead atoms. The molecule has 1 aliphatic heterocycles. The van der Waals surface area contributed by atoms with Crippen molar-refractivity contribution in [2.75, 3.05) is 7.05 Å². The summed E-state index contributed by atoms with van der Waals surface area (Å²) in [5, 5.41) is 12.9. The number of carbonyl (C=O) groups excluding carboxylic acids is 2. The summed E-state index contributed by atoms with van der Waals surface area (Å²) in [5.41, 5.74) is 2.29. The van der Waals surface area contributed by atoms with Crippen LogP contribution in [0.4, 0.5) is 10.1 Å². The summed E-state index contributed by atoms with van der Waals surface area (Å²) < 4.78 is 13.4. The number of para-hydroxylation sites is 1. The molecule has 6 heteroatoms. The molecule has 0 amide bonds. The average molecular weight is 388 g/mol. The molecule has 1 aliphatic rings. The number of benzene rings is 2. The summed E-state index contributed by atoms with van der Waals surface area (Å²) >= 11 is 6.20. The van der Waals surface area contributed by atoms with Crippen molar-refractivity contribution in [1.29, 1.82) is 0 Å². The lowest BCUT2D eigenvalue weighted by Crippen LogP contribution is -2.29. The monoisotopic (exact) mass is 387 g/mol. The van der Waals surface area contributed by atoms with Gasteiger partial charge < -0.3 is 9.85 Å². The lowest BCUT2D eigenvalue weighted by molar-refractivity contribution is -0.116. The molecule has 1 unspecified atom stereocenters. The first-order chi connectivity index (χ1) is 12.7. The van der Waals surface area contributed by atoms with Gasteiger partial charge in [-0.05, 0) is 42.7 Å². The molecule has 1 heterocycles. The van der Waals surface area contributed by atoms with E-state index in [9.17, 15) is 19.2 Å². The molecular weight excluding hydrogens is 369 g/mol. The second kappa shape index (κ2) is 7.35. The molecule has 2 aromatic rings. The predicted octanol–water partition coefficient (Wildman–Crippen LogP) is 4.60. The van der Waals surface area contributed by atoms with Crippen LogP contribution in [-0.4, -0.2) is 18.6 Å². The van der Waals surface area contributed by atoms with Crippen LogP contribution in [0.2, 0.25) is 5.02 Å². The second-order valence-corrected chi connectivity index (χ2v) is 7.29. The van der Waals surface area contributed by atoms with Crippen LogP contribution in [0.25, 0.3) is 5.57 Å². The third kappa shape index (κ3) is 4.00. The number of rotatable bonds is 6. The summed E-state index contributed by atoms with van der Waals surface area (Å²) in [6.45, 7) is 1.38. The minimum atomic E-state index is -0.730. The van der Waals surface area contributed by atoms with Gasteiger partial charge in [-0.1, -0.05) is 23.7 Å². The summed E-state index contributed by atoms with van der Waals surface area (Å²) in [4.78, 5) is 23.9. The van der Waals surface area contributed by atoms with E-state index in [0.29, 0.717) is 27.4 Å². The van der Waals surface area contributed by atoms with E-state index in [1.54, 1.807) is 24.3 Å². The molecule has 0 aromatic heterocycles. The summed E-state index contributed by atoms with van der Waals surface area (Å²) in [7, 11) is 1.47. The lowest BCUT2D eigenvalue weighted by atomic mass is 9.97. The van der Waals surface area contributed by atoms with Crippen molar-refractivity contribution < 1.29 is 14.0 Å². The fraction of sp³-hybridized carbons (Fsp3) is 0.238. The molecule has 0 N–H and O–H groups in total. The number of allylic oxidation sites excluding steroid dienone is 1. The molecule has 1 atom stereocenters. The number of fused-ring (bicyclic) bond motifs is 1. The van der Waals surface area contributed by atoms with Gasteiger partial charge in [-0.15, -0.1) is 0 Å². The van der Waals surface area contributed by atoms with Crippen LogP contribution in [0, 0.1) is 11.0 Å². The zero-order valence-corrected chi connectivity index (χ0v) is 15.8. The van der Waals surface area contributed by atoms with Gasteiger partial charge in [0.1, 0.15) is 23.5 Å². The Morgan fingerprint density at radius 2 is 1.89 bits per heavy atom. The molecule has 0 saturated carbocycles. The first-order valence-corrected chi connectivity index (χ1v) is 8.96. The Hall–Kier alpha value is -2.34. The number of hydrogen-bond acceptors (Lipinski definition) is 3. The highest BCUT2D eigenvalue weighted by Gasteiger charge is 2.31. The van der Waals surface area contributed by atoms with Gasteiger partial charge in [0.25, 0.3) is 0 Å². The van der Waals surface area contributed by atoms with Crippen molar-refractivity contribution >= 4 is 34.4 Å². The Morgan fingerprint density at radius 1 is 1.19 bits per heavy atom. The molecule has 3 rings (SSSR count). The zero-order chi connectivity index (χ0) is 19.8. The van der Waals surface area contributed by atoms with Gasteiger partial charge in [-0.25, -0.2) is 4.39 Å². The Morgan fingerprint density at radius 3 is 2.59 bits per heavy atom. The number of hydroxylamine groups is 2. The number of aryl methyl sites for hydroxylation is 1. The van der Waals surface area contributed by atoms with Crippen LogP contribution in [0.3, 0.4) is 0 Å². The number of carbonyl (C=O) groups is 2. The minimum absolute atomic E-state index is 0.0194. The number of nitrogens with zero attached hydrogens (tertiary/aromatic N) is 1. The van der Waals surface area contributed by atoms with E-state index in [1.807, 2.05) is 0 Å². The van der Waals surface area contributed by atoms with E-state index in [4.69, 9.17) is 11.6 Å². The van der Waals surface area contributed by atoms with Crippen molar-refractivity contribution in [2.24, 2.45) is 0 Å². The maximum atomic E-state index is 14.2. The molecule has 27 heavy (non-hydrogen) atoms. The van der Waals surface area contributed by atoms with Gasteiger partial charge in [0, 0.05) is 23.9 Å². The van der Waals surface area contributed by atoms with E-state index in [2.05, 4.69) is 0 Å². The number of halogens is 2. The smallest absolute Gasteiger partial charge is 0.169 e. The molecule has 140 valence electrons. The maximum absolute atomic E-state index is 14.2. The Labute approximate surface area is 162 Å². The summed E-state index contributed by atoms with van der Waals surface area (Å²) in [5.74, 6) is -0.853. The van der Waals surface area contributed by atoms with Crippen molar-refractivity contribution in [1.82, 2.24) is 4.65 Å². The molecule has 0 fully saturated rings. The van der Waals surface area contributed by atoms with Crippen LogP contribution >= 0.6 is 11.6 Å². The Bertz CT molecular complexity index is 966.